The van der Waals surface area contributed by atoms with Crippen molar-refractivity contribution >= 4 is 28.5 Å². The molecule has 0 saturated heterocycles. The van der Waals surface area contributed by atoms with E-state index in [1.165, 1.54) is 0 Å². The quantitative estimate of drug-likeness (QED) is 0.550. The molecule has 0 aliphatic heterocycles. The molecule has 0 amide bonds. The Morgan fingerprint density at radius 2 is 2.17 bits per heavy atom. The van der Waals surface area contributed by atoms with Crippen LogP contribution in [-0.2, 0) is 11.2 Å². The number of ketones is 1. The number of carbonyl (C=O) groups excluding carboxylic acids is 2. The number of hydrogen-bond donors (Lipinski definition) is 2. The molecular formula is C17H17N3O4. The number of rotatable bonds is 5. The summed E-state index contributed by atoms with van der Waals surface area (Å²) in [5, 5.41) is 4.40. The SMILES string of the molecule is CCc1cccc2c(C(=O)COC(=O)c3c(C)noc3N)c[nH]c12. The van der Waals surface area contributed by atoms with Gasteiger partial charge in [0, 0.05) is 22.7 Å². The molecule has 0 saturated carbocycles. The number of nitrogens with two attached hydrogens (primary N) is 1. The van der Waals surface area contributed by atoms with Crippen LogP contribution in [0.3, 0.4) is 0 Å². The van der Waals surface area contributed by atoms with E-state index in [9.17, 15) is 9.59 Å². The number of fused-ring (bicyclic) bond motifs is 1. The Morgan fingerprint density at radius 1 is 1.38 bits per heavy atom. The molecule has 0 aliphatic rings. The van der Waals surface area contributed by atoms with Crippen molar-refractivity contribution in [1.82, 2.24) is 10.1 Å². The minimum atomic E-state index is -0.728. The topological polar surface area (TPSA) is 111 Å². The number of hydrogen-bond acceptors (Lipinski definition) is 6. The van der Waals surface area contributed by atoms with Crippen LogP contribution in [0.15, 0.2) is 28.9 Å². The molecule has 0 unspecified atom stereocenters. The van der Waals surface area contributed by atoms with Crippen molar-refractivity contribution < 1.29 is 18.8 Å². The maximum atomic E-state index is 12.4. The second kappa shape index (κ2) is 6.19. The van der Waals surface area contributed by atoms with Crippen molar-refractivity contribution in [2.24, 2.45) is 0 Å². The molecule has 0 atom stereocenters. The Morgan fingerprint density at radius 3 is 2.83 bits per heavy atom. The predicted octanol–water partition coefficient (Wildman–Crippen LogP) is 2.65. The van der Waals surface area contributed by atoms with Gasteiger partial charge in [-0.3, -0.25) is 4.79 Å². The lowest BCUT2D eigenvalue weighted by Gasteiger charge is -2.04. The summed E-state index contributed by atoms with van der Waals surface area (Å²) in [5.41, 5.74) is 8.44. The van der Waals surface area contributed by atoms with Crippen LogP contribution in [0.1, 0.15) is 38.9 Å². The minimum absolute atomic E-state index is 0.0509. The second-order valence-electron chi connectivity index (χ2n) is 5.40. The van der Waals surface area contributed by atoms with Crippen LogP contribution in [-0.4, -0.2) is 28.5 Å². The zero-order valence-electron chi connectivity index (χ0n) is 13.4. The van der Waals surface area contributed by atoms with Crippen molar-refractivity contribution in [2.75, 3.05) is 12.3 Å². The number of aromatic nitrogens is 2. The van der Waals surface area contributed by atoms with Gasteiger partial charge < -0.3 is 20.0 Å². The van der Waals surface area contributed by atoms with E-state index in [0.29, 0.717) is 11.3 Å². The first-order valence-corrected chi connectivity index (χ1v) is 7.54. The van der Waals surface area contributed by atoms with Crippen molar-refractivity contribution in [3.05, 3.63) is 46.8 Å². The highest BCUT2D eigenvalue weighted by Gasteiger charge is 2.22. The number of carbonyl (C=O) groups is 2. The number of nitrogens with zero attached hydrogens (tertiary/aromatic N) is 1. The molecule has 0 spiro atoms. The van der Waals surface area contributed by atoms with Crippen molar-refractivity contribution in [1.29, 1.82) is 0 Å². The average Bonchev–Trinajstić information content (AvgIpc) is 3.15. The predicted molar refractivity (Wildman–Crippen MR) is 87.9 cm³/mol. The van der Waals surface area contributed by atoms with Crippen LogP contribution in [0.25, 0.3) is 10.9 Å². The molecule has 7 heteroatoms. The number of aromatic amines is 1. The molecule has 1 aromatic carbocycles. The summed E-state index contributed by atoms with van der Waals surface area (Å²) in [6, 6.07) is 5.77. The number of para-hydroxylation sites is 1. The molecule has 3 aromatic rings. The highest BCUT2D eigenvalue weighted by atomic mass is 16.5. The third-order valence-corrected chi connectivity index (χ3v) is 3.91. The van der Waals surface area contributed by atoms with E-state index < -0.39 is 5.97 Å². The number of anilines is 1. The van der Waals surface area contributed by atoms with Crippen LogP contribution >= 0.6 is 0 Å². The summed E-state index contributed by atoms with van der Waals surface area (Å²) in [7, 11) is 0. The Kier molecular flexibility index (Phi) is 4.07. The summed E-state index contributed by atoms with van der Waals surface area (Å²) in [4.78, 5) is 27.5. The molecule has 2 heterocycles. The van der Waals surface area contributed by atoms with Crippen LogP contribution in [0.2, 0.25) is 0 Å². The van der Waals surface area contributed by atoms with Gasteiger partial charge in [-0.25, -0.2) is 4.79 Å². The largest absolute Gasteiger partial charge is 0.453 e. The summed E-state index contributed by atoms with van der Waals surface area (Å²) in [5.74, 6) is -1.14. The first-order valence-electron chi connectivity index (χ1n) is 7.54. The van der Waals surface area contributed by atoms with Gasteiger partial charge in [-0.2, -0.15) is 0 Å². The van der Waals surface area contributed by atoms with Crippen molar-refractivity contribution in [3.8, 4) is 0 Å². The normalized spacial score (nSPS) is 10.9. The minimum Gasteiger partial charge on any atom is -0.453 e. The van der Waals surface area contributed by atoms with E-state index in [-0.39, 0.29) is 23.8 Å². The lowest BCUT2D eigenvalue weighted by Crippen LogP contribution is -2.15. The van der Waals surface area contributed by atoms with Crippen molar-refractivity contribution in [2.45, 2.75) is 20.3 Å². The first kappa shape index (κ1) is 15.8. The molecule has 3 rings (SSSR count). The second-order valence-corrected chi connectivity index (χ2v) is 5.40. The van der Waals surface area contributed by atoms with Gasteiger partial charge in [0.15, 0.2) is 6.61 Å². The van der Waals surface area contributed by atoms with Crippen LogP contribution < -0.4 is 5.73 Å². The van der Waals surface area contributed by atoms with Gasteiger partial charge in [0.25, 0.3) is 0 Å². The molecule has 0 bridgehead atoms. The summed E-state index contributed by atoms with van der Waals surface area (Å²) >= 11 is 0. The Balaban J connectivity index is 1.78. The number of benzene rings is 1. The number of nitrogen functional groups attached to an aromatic ring is 1. The molecule has 7 nitrogen and oxygen atoms in total. The highest BCUT2D eigenvalue weighted by Crippen LogP contribution is 2.23. The van der Waals surface area contributed by atoms with Gasteiger partial charge in [-0.1, -0.05) is 30.3 Å². The van der Waals surface area contributed by atoms with E-state index in [1.54, 1.807) is 13.1 Å². The highest BCUT2D eigenvalue weighted by molar-refractivity contribution is 6.09. The van der Waals surface area contributed by atoms with E-state index in [0.717, 1.165) is 22.9 Å². The smallest absolute Gasteiger partial charge is 0.346 e. The molecule has 0 fully saturated rings. The molecule has 2 aromatic heterocycles. The maximum absolute atomic E-state index is 12.4. The third kappa shape index (κ3) is 2.64. The Hall–Kier alpha value is -3.09. The van der Waals surface area contributed by atoms with Crippen molar-refractivity contribution in [3.63, 3.8) is 0 Å². The van der Waals surface area contributed by atoms with Gasteiger partial charge >= 0.3 is 5.97 Å². The fourth-order valence-electron chi connectivity index (χ4n) is 2.66. The standard InChI is InChI=1S/C17H17N3O4/c1-3-10-5-4-6-11-12(7-19-15(10)11)13(21)8-23-17(22)14-9(2)20-24-16(14)18/h4-7,19H,3,8,18H2,1-2H3. The lowest BCUT2D eigenvalue weighted by atomic mass is 10.1. The van der Waals surface area contributed by atoms with Crippen LogP contribution in [0.5, 0.6) is 0 Å². The summed E-state index contributed by atoms with van der Waals surface area (Å²) in [6.07, 6.45) is 2.49. The maximum Gasteiger partial charge on any atom is 0.346 e. The van der Waals surface area contributed by atoms with E-state index in [2.05, 4.69) is 10.1 Å². The average molecular weight is 327 g/mol. The fourth-order valence-corrected chi connectivity index (χ4v) is 2.66. The molecule has 0 aliphatic carbocycles. The number of Topliss-reactive ketones (excluding diaryl/α,β-unsaturated/α-hetero) is 1. The Labute approximate surface area is 137 Å². The monoisotopic (exact) mass is 327 g/mol. The van der Waals surface area contributed by atoms with E-state index >= 15 is 0 Å². The molecular weight excluding hydrogens is 310 g/mol. The molecule has 3 N–H and O–H groups in total. The molecule has 0 radical (unpaired) electrons. The van der Waals surface area contributed by atoms with Gasteiger partial charge in [-0.05, 0) is 18.9 Å². The van der Waals surface area contributed by atoms with Gasteiger partial charge in [0.1, 0.15) is 5.56 Å². The number of ether oxygens (including phenoxy) is 1. The van der Waals surface area contributed by atoms with Gasteiger partial charge in [0.05, 0.1) is 5.69 Å². The number of H-pyrrole nitrogens is 1. The zero-order valence-corrected chi connectivity index (χ0v) is 13.4. The molecule has 124 valence electrons. The van der Waals surface area contributed by atoms with Crippen LogP contribution in [0.4, 0.5) is 5.88 Å². The summed E-state index contributed by atoms with van der Waals surface area (Å²) < 4.78 is 9.77. The number of nitrogens with one attached hydrogen (secondary N) is 1. The van der Waals surface area contributed by atoms with Gasteiger partial charge in [-0.15, -0.1) is 0 Å². The molecule has 24 heavy (non-hydrogen) atoms. The van der Waals surface area contributed by atoms with Gasteiger partial charge in [0.2, 0.25) is 11.7 Å². The van der Waals surface area contributed by atoms with Crippen LogP contribution in [0, 0.1) is 6.92 Å². The fraction of sp³-hybridized carbons (Fsp3) is 0.235. The first-order chi connectivity index (χ1) is 11.5. The zero-order chi connectivity index (χ0) is 17.3. The lowest BCUT2D eigenvalue weighted by molar-refractivity contribution is 0.0475. The summed E-state index contributed by atoms with van der Waals surface area (Å²) in [6.45, 7) is 3.24. The third-order valence-electron chi connectivity index (χ3n) is 3.91. The Bertz CT molecular complexity index is 904. The number of esters is 1. The van der Waals surface area contributed by atoms with E-state index in [1.807, 2.05) is 25.1 Å². The van der Waals surface area contributed by atoms with E-state index in [4.69, 9.17) is 15.0 Å². The number of aryl methyl sites for hydroxylation is 2.